The molecule has 9 nitrogen and oxygen atoms in total. The van der Waals surface area contributed by atoms with Gasteiger partial charge in [-0.1, -0.05) is 0 Å². The molecule has 0 atom stereocenters. The van der Waals surface area contributed by atoms with Gasteiger partial charge in [-0.25, -0.2) is 4.39 Å². The Balaban J connectivity index is 1.93. The summed E-state index contributed by atoms with van der Waals surface area (Å²) < 4.78 is 13.9. The van der Waals surface area contributed by atoms with Crippen molar-refractivity contribution in [2.75, 3.05) is 10.6 Å². The summed E-state index contributed by atoms with van der Waals surface area (Å²) in [5.74, 6) is -1.81. The normalized spacial score (nSPS) is 10.5. The van der Waals surface area contributed by atoms with E-state index in [2.05, 4.69) is 20.8 Å². The number of nitro groups is 1. The Morgan fingerprint density at radius 1 is 1.19 bits per heavy atom. The summed E-state index contributed by atoms with van der Waals surface area (Å²) >= 11 is 0. The molecule has 3 N–H and O–H groups in total. The van der Waals surface area contributed by atoms with E-state index in [1.807, 2.05) is 0 Å². The smallest absolute Gasteiger partial charge is 0.276 e. The highest BCUT2D eigenvalue weighted by Gasteiger charge is 2.18. The average Bonchev–Trinajstić information content (AvgIpc) is 3.00. The van der Waals surface area contributed by atoms with Crippen molar-refractivity contribution in [3.05, 3.63) is 58.0 Å². The van der Waals surface area contributed by atoms with Crippen LogP contribution < -0.4 is 10.6 Å². The molecule has 10 heteroatoms. The number of fused-ring (bicyclic) bond motifs is 1. The molecule has 0 fully saturated rings. The summed E-state index contributed by atoms with van der Waals surface area (Å²) in [4.78, 5) is 33.8. The molecular formula is C16H12FN5O4. The summed E-state index contributed by atoms with van der Waals surface area (Å²) in [5.41, 5.74) is 0.243. The number of hydrogen-bond donors (Lipinski definition) is 3. The molecule has 3 rings (SSSR count). The summed E-state index contributed by atoms with van der Waals surface area (Å²) in [6, 6.07) is 7.60. The molecule has 1 aromatic heterocycles. The molecule has 0 bridgehead atoms. The molecular weight excluding hydrogens is 345 g/mol. The third kappa shape index (κ3) is 3.34. The van der Waals surface area contributed by atoms with Gasteiger partial charge in [0.2, 0.25) is 5.91 Å². The second-order valence-electron chi connectivity index (χ2n) is 5.39. The van der Waals surface area contributed by atoms with Crippen LogP contribution in [0.5, 0.6) is 0 Å². The van der Waals surface area contributed by atoms with E-state index in [9.17, 15) is 24.1 Å². The topological polar surface area (TPSA) is 130 Å². The van der Waals surface area contributed by atoms with E-state index in [1.165, 1.54) is 37.3 Å². The lowest BCUT2D eigenvalue weighted by atomic mass is 10.1. The number of amides is 2. The molecule has 26 heavy (non-hydrogen) atoms. The lowest BCUT2D eigenvalue weighted by molar-refractivity contribution is -0.384. The summed E-state index contributed by atoms with van der Waals surface area (Å²) in [5, 5.41) is 22.4. The van der Waals surface area contributed by atoms with Gasteiger partial charge in [0.15, 0.2) is 5.69 Å². The Bertz CT molecular complexity index is 1050. The maximum Gasteiger partial charge on any atom is 0.276 e. The molecule has 2 amide bonds. The highest BCUT2D eigenvalue weighted by Crippen LogP contribution is 2.24. The van der Waals surface area contributed by atoms with Gasteiger partial charge < -0.3 is 10.6 Å². The van der Waals surface area contributed by atoms with Gasteiger partial charge in [-0.3, -0.25) is 24.8 Å². The zero-order chi connectivity index (χ0) is 18.8. The predicted octanol–water partition coefficient (Wildman–Crippen LogP) is 2.82. The van der Waals surface area contributed by atoms with Crippen LogP contribution in [-0.4, -0.2) is 26.9 Å². The predicted molar refractivity (Wildman–Crippen MR) is 91.4 cm³/mol. The number of non-ortho nitro benzene ring substituents is 1. The largest absolute Gasteiger partial charge is 0.326 e. The van der Waals surface area contributed by atoms with Crippen molar-refractivity contribution >= 4 is 39.8 Å². The molecule has 0 saturated carbocycles. The monoisotopic (exact) mass is 357 g/mol. The van der Waals surface area contributed by atoms with E-state index >= 15 is 0 Å². The Kier molecular flexibility index (Phi) is 4.31. The van der Waals surface area contributed by atoms with E-state index in [0.29, 0.717) is 11.2 Å². The van der Waals surface area contributed by atoms with Crippen LogP contribution in [0.15, 0.2) is 36.4 Å². The van der Waals surface area contributed by atoms with Gasteiger partial charge in [0.05, 0.1) is 16.1 Å². The number of carbonyl (C=O) groups is 2. The number of aromatic amines is 1. The second-order valence-corrected chi connectivity index (χ2v) is 5.39. The first kappa shape index (κ1) is 17.0. The van der Waals surface area contributed by atoms with Crippen LogP contribution in [0.25, 0.3) is 10.9 Å². The summed E-state index contributed by atoms with van der Waals surface area (Å²) in [6.45, 7) is 1.30. The zero-order valence-electron chi connectivity index (χ0n) is 13.4. The molecule has 0 saturated heterocycles. The van der Waals surface area contributed by atoms with Crippen LogP contribution in [0.2, 0.25) is 0 Å². The van der Waals surface area contributed by atoms with Gasteiger partial charge in [0, 0.05) is 30.1 Å². The number of H-pyrrole nitrogens is 1. The van der Waals surface area contributed by atoms with Crippen molar-refractivity contribution in [3.63, 3.8) is 0 Å². The molecule has 0 radical (unpaired) electrons. The number of anilines is 2. The second kappa shape index (κ2) is 6.59. The summed E-state index contributed by atoms with van der Waals surface area (Å²) in [6.07, 6.45) is 0. The lowest BCUT2D eigenvalue weighted by Gasteiger charge is -2.08. The lowest BCUT2D eigenvalue weighted by Crippen LogP contribution is -2.14. The maximum absolute atomic E-state index is 13.9. The van der Waals surface area contributed by atoms with Gasteiger partial charge in [-0.2, -0.15) is 5.10 Å². The van der Waals surface area contributed by atoms with Crippen molar-refractivity contribution in [2.45, 2.75) is 6.92 Å². The molecule has 3 aromatic rings. The Labute approximate surface area is 145 Å². The van der Waals surface area contributed by atoms with Crippen LogP contribution in [-0.2, 0) is 4.79 Å². The zero-order valence-corrected chi connectivity index (χ0v) is 13.4. The fourth-order valence-electron chi connectivity index (χ4n) is 2.37. The number of halogens is 1. The SMILES string of the molecule is CC(=O)Nc1ccc(F)c(NC(=O)c2n[nH]c3ccc([N+](=O)[O-])cc23)c1. The molecule has 0 aliphatic rings. The molecule has 2 aromatic carbocycles. The van der Waals surface area contributed by atoms with Gasteiger partial charge in [0.25, 0.3) is 11.6 Å². The van der Waals surface area contributed by atoms with Gasteiger partial charge in [-0.05, 0) is 24.3 Å². The number of benzene rings is 2. The minimum atomic E-state index is -0.754. The highest BCUT2D eigenvalue weighted by atomic mass is 19.1. The fourth-order valence-corrected chi connectivity index (χ4v) is 2.37. The quantitative estimate of drug-likeness (QED) is 0.488. The Hall–Kier alpha value is -3.82. The standard InChI is InChI=1S/C16H12FN5O4/c1-8(23)18-9-2-4-12(17)14(6-9)19-16(24)15-11-7-10(22(25)26)3-5-13(11)20-21-15/h2-7H,1H3,(H,18,23)(H,19,24)(H,20,21). The molecule has 132 valence electrons. The minimum Gasteiger partial charge on any atom is -0.326 e. The molecule has 0 unspecified atom stereocenters. The number of nitro benzene ring substituents is 1. The maximum atomic E-state index is 13.9. The van der Waals surface area contributed by atoms with Crippen molar-refractivity contribution in [3.8, 4) is 0 Å². The Morgan fingerprint density at radius 3 is 2.65 bits per heavy atom. The minimum absolute atomic E-state index is 0.118. The number of nitrogens with zero attached hydrogens (tertiary/aromatic N) is 2. The molecule has 0 spiro atoms. The van der Waals surface area contributed by atoms with E-state index in [1.54, 1.807) is 0 Å². The van der Waals surface area contributed by atoms with Crippen molar-refractivity contribution < 1.29 is 18.9 Å². The first-order valence-corrected chi connectivity index (χ1v) is 7.36. The van der Waals surface area contributed by atoms with Crippen molar-refractivity contribution in [1.29, 1.82) is 0 Å². The highest BCUT2D eigenvalue weighted by molar-refractivity contribution is 6.11. The number of aromatic nitrogens is 2. The first-order valence-electron chi connectivity index (χ1n) is 7.36. The van der Waals surface area contributed by atoms with Crippen LogP contribution >= 0.6 is 0 Å². The number of hydrogen-bond acceptors (Lipinski definition) is 5. The van der Waals surface area contributed by atoms with Crippen LogP contribution in [0.1, 0.15) is 17.4 Å². The van der Waals surface area contributed by atoms with Crippen LogP contribution in [0.3, 0.4) is 0 Å². The number of carbonyl (C=O) groups excluding carboxylic acids is 2. The first-order chi connectivity index (χ1) is 12.3. The average molecular weight is 357 g/mol. The van der Waals surface area contributed by atoms with E-state index in [-0.39, 0.29) is 28.4 Å². The summed E-state index contributed by atoms with van der Waals surface area (Å²) in [7, 11) is 0. The third-order valence-electron chi connectivity index (χ3n) is 3.51. The van der Waals surface area contributed by atoms with Crippen molar-refractivity contribution in [1.82, 2.24) is 10.2 Å². The van der Waals surface area contributed by atoms with E-state index in [0.717, 1.165) is 6.07 Å². The van der Waals surface area contributed by atoms with Gasteiger partial charge in [0.1, 0.15) is 5.82 Å². The van der Waals surface area contributed by atoms with Gasteiger partial charge >= 0.3 is 0 Å². The van der Waals surface area contributed by atoms with Crippen molar-refractivity contribution in [2.24, 2.45) is 0 Å². The van der Waals surface area contributed by atoms with Crippen LogP contribution in [0.4, 0.5) is 21.5 Å². The molecule has 0 aliphatic carbocycles. The molecule has 0 aliphatic heterocycles. The number of nitrogens with one attached hydrogen (secondary N) is 3. The Morgan fingerprint density at radius 2 is 1.96 bits per heavy atom. The van der Waals surface area contributed by atoms with E-state index in [4.69, 9.17) is 0 Å². The van der Waals surface area contributed by atoms with Gasteiger partial charge in [-0.15, -0.1) is 0 Å². The molecule has 1 heterocycles. The number of rotatable bonds is 4. The van der Waals surface area contributed by atoms with Crippen LogP contribution in [0, 0.1) is 15.9 Å². The third-order valence-corrected chi connectivity index (χ3v) is 3.51. The fraction of sp³-hybridized carbons (Fsp3) is 0.0625. The van der Waals surface area contributed by atoms with E-state index < -0.39 is 16.6 Å².